The number of halogens is 1. The zero-order valence-electron chi connectivity index (χ0n) is 18.2. The molecule has 172 valence electrons. The molecule has 0 unspecified atom stereocenters. The first-order chi connectivity index (χ1) is 15.3. The van der Waals surface area contributed by atoms with Crippen LogP contribution in [-0.4, -0.2) is 42.2 Å². The maximum absolute atomic E-state index is 13.1. The van der Waals surface area contributed by atoms with E-state index in [4.69, 9.17) is 4.74 Å². The smallest absolute Gasteiger partial charge is 0.262 e. The normalized spacial score (nSPS) is 12.0. The molecule has 3 aromatic rings. The maximum Gasteiger partial charge on any atom is 0.262 e. The van der Waals surface area contributed by atoms with Gasteiger partial charge in [-0.15, -0.1) is 0 Å². The van der Waals surface area contributed by atoms with E-state index in [1.807, 2.05) is 26.0 Å². The molecule has 0 radical (unpaired) electrons. The molecule has 0 spiro atoms. The van der Waals surface area contributed by atoms with Crippen LogP contribution in [0.1, 0.15) is 26.7 Å². The van der Waals surface area contributed by atoms with E-state index in [0.717, 1.165) is 12.1 Å². The molecule has 0 aliphatic rings. The Bertz CT molecular complexity index is 1210. The van der Waals surface area contributed by atoms with Crippen molar-refractivity contribution in [2.24, 2.45) is 0 Å². The van der Waals surface area contributed by atoms with Gasteiger partial charge in [-0.25, -0.2) is 17.8 Å². The number of aromatic nitrogens is 2. The Morgan fingerprint density at radius 1 is 1.09 bits per heavy atom. The largest absolute Gasteiger partial charge is 0.379 e. The molecule has 3 rings (SSSR count). The minimum absolute atomic E-state index is 0.0638. The van der Waals surface area contributed by atoms with Gasteiger partial charge in [-0.3, -0.25) is 9.36 Å². The minimum atomic E-state index is -3.50. The van der Waals surface area contributed by atoms with E-state index in [1.165, 1.54) is 23.9 Å². The average Bonchev–Trinajstić information content (AvgIpc) is 2.76. The molecule has 6 nitrogen and oxygen atoms in total. The number of thioether (sulfide) groups is 1. The summed E-state index contributed by atoms with van der Waals surface area (Å²) in [5.74, 6) is -0.0574. The molecular formula is C23H27FN2O4S2. The Balaban J connectivity index is 1.70. The van der Waals surface area contributed by atoms with Gasteiger partial charge in [0, 0.05) is 18.9 Å². The summed E-state index contributed by atoms with van der Waals surface area (Å²) in [5, 5.41) is 1.12. The fraction of sp³-hybridized carbons (Fsp3) is 0.391. The van der Waals surface area contributed by atoms with Crippen LogP contribution in [0.4, 0.5) is 4.39 Å². The zero-order valence-corrected chi connectivity index (χ0v) is 19.8. The summed E-state index contributed by atoms with van der Waals surface area (Å²) in [6, 6.07) is 12.0. The summed E-state index contributed by atoms with van der Waals surface area (Å²) in [6.45, 7) is 4.94. The lowest BCUT2D eigenvalue weighted by molar-refractivity contribution is 0.0743. The van der Waals surface area contributed by atoms with Crippen molar-refractivity contribution in [3.8, 4) is 0 Å². The number of hydrogen-bond acceptors (Lipinski definition) is 6. The quantitative estimate of drug-likeness (QED) is 0.177. The van der Waals surface area contributed by atoms with Gasteiger partial charge in [0.25, 0.3) is 5.56 Å². The number of nitrogens with zero attached hydrogens (tertiary/aromatic N) is 2. The summed E-state index contributed by atoms with van der Waals surface area (Å²) < 4.78 is 45.2. The molecule has 0 aliphatic carbocycles. The number of fused-ring (bicyclic) bond motifs is 1. The predicted octanol–water partition coefficient (Wildman–Crippen LogP) is 4.31. The van der Waals surface area contributed by atoms with E-state index in [9.17, 15) is 17.6 Å². The molecule has 0 aliphatic heterocycles. The second kappa shape index (κ2) is 11.1. The van der Waals surface area contributed by atoms with Crippen molar-refractivity contribution in [3.05, 3.63) is 64.7 Å². The van der Waals surface area contributed by atoms with Crippen LogP contribution in [0, 0.1) is 5.82 Å². The highest BCUT2D eigenvalue weighted by Crippen LogP contribution is 2.20. The van der Waals surface area contributed by atoms with Crippen LogP contribution < -0.4 is 5.56 Å². The summed E-state index contributed by atoms with van der Waals surface area (Å²) in [5.41, 5.74) is 0.509. The lowest BCUT2D eigenvalue weighted by Crippen LogP contribution is -2.24. The monoisotopic (exact) mass is 478 g/mol. The fourth-order valence-electron chi connectivity index (χ4n) is 3.17. The predicted molar refractivity (Wildman–Crippen MR) is 126 cm³/mol. The molecule has 9 heteroatoms. The average molecular weight is 479 g/mol. The molecule has 0 atom stereocenters. The highest BCUT2D eigenvalue weighted by atomic mass is 32.2. The van der Waals surface area contributed by atoms with Gasteiger partial charge in [-0.1, -0.05) is 23.9 Å². The number of rotatable bonds is 11. The highest BCUT2D eigenvalue weighted by Gasteiger charge is 2.16. The van der Waals surface area contributed by atoms with Crippen molar-refractivity contribution < 1.29 is 17.5 Å². The standard InChI is InChI=1S/C23H27FN2O4S2/c1-17(2)30-14-5-13-26-22(27)20-7-3-4-8-21(20)25-23(26)31-15-6-16-32(28,29)19-11-9-18(24)10-12-19/h3-4,7-12,17H,5-6,13-16H2,1-2H3. The van der Waals surface area contributed by atoms with E-state index in [2.05, 4.69) is 4.98 Å². The van der Waals surface area contributed by atoms with Gasteiger partial charge >= 0.3 is 0 Å². The molecule has 0 amide bonds. The van der Waals surface area contributed by atoms with Gasteiger partial charge in [0.1, 0.15) is 5.82 Å². The Morgan fingerprint density at radius 3 is 2.53 bits per heavy atom. The van der Waals surface area contributed by atoms with Crippen molar-refractivity contribution >= 4 is 32.5 Å². The maximum atomic E-state index is 13.1. The number of ether oxygens (including phenoxy) is 1. The van der Waals surface area contributed by atoms with Crippen LogP contribution in [0.15, 0.2) is 63.4 Å². The number of benzene rings is 2. The van der Waals surface area contributed by atoms with E-state index in [-0.39, 0.29) is 22.3 Å². The lowest BCUT2D eigenvalue weighted by atomic mass is 10.2. The van der Waals surface area contributed by atoms with Gasteiger partial charge in [-0.2, -0.15) is 0 Å². The van der Waals surface area contributed by atoms with Crippen LogP contribution in [0.5, 0.6) is 0 Å². The van der Waals surface area contributed by atoms with Crippen LogP contribution in [0.3, 0.4) is 0 Å². The second-order valence-corrected chi connectivity index (χ2v) is 10.8. The summed E-state index contributed by atoms with van der Waals surface area (Å²) in [4.78, 5) is 17.8. The third-order valence-corrected chi connectivity index (χ3v) is 7.64. The highest BCUT2D eigenvalue weighted by molar-refractivity contribution is 7.99. The third-order valence-electron chi connectivity index (χ3n) is 4.77. The number of para-hydroxylation sites is 1. The molecule has 0 saturated heterocycles. The summed E-state index contributed by atoms with van der Waals surface area (Å²) in [7, 11) is -3.50. The molecule has 32 heavy (non-hydrogen) atoms. The summed E-state index contributed by atoms with van der Waals surface area (Å²) in [6.07, 6.45) is 1.17. The van der Waals surface area contributed by atoms with Crippen molar-refractivity contribution in [1.82, 2.24) is 9.55 Å². The van der Waals surface area contributed by atoms with Crippen molar-refractivity contribution in [3.63, 3.8) is 0 Å². The Hall–Kier alpha value is -2.23. The Labute approximate surface area is 191 Å². The molecule has 1 heterocycles. The molecular weight excluding hydrogens is 451 g/mol. The van der Waals surface area contributed by atoms with Crippen molar-refractivity contribution in [2.75, 3.05) is 18.1 Å². The number of hydrogen-bond donors (Lipinski definition) is 0. The molecule has 0 saturated carbocycles. The van der Waals surface area contributed by atoms with Gasteiger partial charge in [0.2, 0.25) is 0 Å². The van der Waals surface area contributed by atoms with Crippen molar-refractivity contribution in [1.29, 1.82) is 0 Å². The minimum Gasteiger partial charge on any atom is -0.379 e. The molecule has 0 bridgehead atoms. The number of sulfone groups is 1. The Morgan fingerprint density at radius 2 is 1.81 bits per heavy atom. The SMILES string of the molecule is CC(C)OCCCn1c(SCCCS(=O)(=O)c2ccc(F)cc2)nc2ccccc2c1=O. The van der Waals surface area contributed by atoms with E-state index in [0.29, 0.717) is 47.8 Å². The van der Waals surface area contributed by atoms with Gasteiger partial charge < -0.3 is 4.74 Å². The van der Waals surface area contributed by atoms with Crippen LogP contribution in [0.2, 0.25) is 0 Å². The van der Waals surface area contributed by atoms with Gasteiger partial charge in [-0.05, 0) is 63.1 Å². The topological polar surface area (TPSA) is 78.3 Å². The van der Waals surface area contributed by atoms with Gasteiger partial charge in [0.05, 0.1) is 27.7 Å². The first-order valence-corrected chi connectivity index (χ1v) is 13.1. The fourth-order valence-corrected chi connectivity index (χ4v) is 5.63. The third kappa shape index (κ3) is 6.40. The zero-order chi connectivity index (χ0) is 23.1. The molecule has 0 fully saturated rings. The van der Waals surface area contributed by atoms with Crippen LogP contribution >= 0.6 is 11.8 Å². The molecule has 1 aromatic heterocycles. The molecule has 2 aromatic carbocycles. The second-order valence-electron chi connectivity index (χ2n) is 7.62. The first kappa shape index (κ1) is 24.4. The van der Waals surface area contributed by atoms with E-state index in [1.54, 1.807) is 16.7 Å². The first-order valence-electron chi connectivity index (χ1n) is 10.5. The lowest BCUT2D eigenvalue weighted by Gasteiger charge is -2.14. The Kier molecular flexibility index (Phi) is 8.44. The van der Waals surface area contributed by atoms with Crippen molar-refractivity contribution in [2.45, 2.75) is 49.4 Å². The summed E-state index contributed by atoms with van der Waals surface area (Å²) >= 11 is 1.37. The van der Waals surface area contributed by atoms with Crippen LogP contribution in [0.25, 0.3) is 10.9 Å². The van der Waals surface area contributed by atoms with Gasteiger partial charge in [0.15, 0.2) is 15.0 Å². The van der Waals surface area contributed by atoms with E-state index < -0.39 is 15.7 Å². The van der Waals surface area contributed by atoms with E-state index >= 15 is 0 Å². The van der Waals surface area contributed by atoms with Crippen LogP contribution in [-0.2, 0) is 21.1 Å². The molecule has 0 N–H and O–H groups in total.